The fourth-order valence-electron chi connectivity index (χ4n) is 2.04. The van der Waals surface area contributed by atoms with Crippen molar-refractivity contribution in [3.63, 3.8) is 0 Å². The molecule has 0 saturated heterocycles. The van der Waals surface area contributed by atoms with Crippen LogP contribution < -0.4 is 5.73 Å². The van der Waals surface area contributed by atoms with Gasteiger partial charge in [0, 0.05) is 6.04 Å². The first-order valence-electron chi connectivity index (χ1n) is 5.92. The van der Waals surface area contributed by atoms with Crippen LogP contribution in [-0.4, -0.2) is 20.8 Å². The maximum absolute atomic E-state index is 14.0. The van der Waals surface area contributed by atoms with Gasteiger partial charge in [0.05, 0.1) is 0 Å². The molecule has 0 fully saturated rings. The third-order valence-electron chi connectivity index (χ3n) is 2.70. The van der Waals surface area contributed by atoms with Crippen molar-refractivity contribution in [2.45, 2.75) is 33.2 Å². The zero-order valence-corrected chi connectivity index (χ0v) is 10.8. The quantitative estimate of drug-likeness (QED) is 0.902. The van der Waals surface area contributed by atoms with Gasteiger partial charge in [-0.15, -0.1) is 0 Å². The van der Waals surface area contributed by atoms with Crippen molar-refractivity contribution in [1.29, 1.82) is 0 Å². The van der Waals surface area contributed by atoms with E-state index >= 15 is 0 Å². The summed E-state index contributed by atoms with van der Waals surface area (Å²) < 4.78 is 15.6. The van der Waals surface area contributed by atoms with Crippen LogP contribution in [0, 0.1) is 19.7 Å². The largest absolute Gasteiger partial charge is 0.328 e. The van der Waals surface area contributed by atoms with E-state index in [1.807, 2.05) is 19.9 Å². The summed E-state index contributed by atoms with van der Waals surface area (Å²) in [6, 6.07) is 4.96. The van der Waals surface area contributed by atoms with Crippen molar-refractivity contribution >= 4 is 0 Å². The maximum Gasteiger partial charge on any atom is 0.149 e. The Morgan fingerprint density at radius 2 is 2.11 bits per heavy atom. The van der Waals surface area contributed by atoms with E-state index in [-0.39, 0.29) is 11.9 Å². The Balaban J connectivity index is 2.58. The van der Waals surface area contributed by atoms with Crippen LogP contribution in [0.5, 0.6) is 0 Å². The highest BCUT2D eigenvalue weighted by Gasteiger charge is 2.15. The third kappa shape index (κ3) is 2.41. The summed E-state index contributed by atoms with van der Waals surface area (Å²) in [6.45, 7) is 5.49. The molecular formula is C13H17FN4. The second-order valence-corrected chi connectivity index (χ2v) is 4.55. The van der Waals surface area contributed by atoms with E-state index in [1.165, 1.54) is 6.07 Å². The van der Waals surface area contributed by atoms with Crippen molar-refractivity contribution < 1.29 is 4.39 Å². The molecule has 1 aromatic heterocycles. The van der Waals surface area contributed by atoms with E-state index in [4.69, 9.17) is 5.73 Å². The molecule has 0 saturated carbocycles. The summed E-state index contributed by atoms with van der Waals surface area (Å²) in [6.07, 6.45) is 0.603. The van der Waals surface area contributed by atoms with Crippen molar-refractivity contribution in [2.24, 2.45) is 5.73 Å². The van der Waals surface area contributed by atoms with E-state index in [0.717, 1.165) is 5.56 Å². The Hall–Kier alpha value is -1.75. The molecule has 1 aromatic carbocycles. The molecule has 5 heteroatoms. The summed E-state index contributed by atoms with van der Waals surface area (Å²) >= 11 is 0. The smallest absolute Gasteiger partial charge is 0.149 e. The molecule has 0 bridgehead atoms. The highest BCUT2D eigenvalue weighted by molar-refractivity contribution is 5.42. The first kappa shape index (κ1) is 12.7. The Morgan fingerprint density at radius 1 is 1.39 bits per heavy atom. The van der Waals surface area contributed by atoms with Gasteiger partial charge < -0.3 is 5.73 Å². The summed E-state index contributed by atoms with van der Waals surface area (Å²) in [5.41, 5.74) is 7.09. The summed E-state index contributed by atoms with van der Waals surface area (Å²) in [5, 5.41) is 4.23. The monoisotopic (exact) mass is 248 g/mol. The second-order valence-electron chi connectivity index (χ2n) is 4.55. The standard InChI is InChI=1S/C13H17FN4/c1-8(15)7-11-5-4-6-12(14)13(11)18-10(3)16-9(2)17-18/h4-6,8H,7,15H2,1-3H3. The molecule has 1 atom stereocenters. The lowest BCUT2D eigenvalue weighted by atomic mass is 10.1. The maximum atomic E-state index is 14.0. The average molecular weight is 248 g/mol. The number of hydrogen-bond acceptors (Lipinski definition) is 3. The number of nitrogens with two attached hydrogens (primary N) is 1. The fourth-order valence-corrected chi connectivity index (χ4v) is 2.04. The van der Waals surface area contributed by atoms with Crippen molar-refractivity contribution in [1.82, 2.24) is 14.8 Å². The summed E-state index contributed by atoms with van der Waals surface area (Å²) in [5.74, 6) is 0.993. The zero-order valence-electron chi connectivity index (χ0n) is 10.8. The van der Waals surface area contributed by atoms with Crippen LogP contribution in [0.4, 0.5) is 4.39 Å². The van der Waals surface area contributed by atoms with Gasteiger partial charge in [-0.1, -0.05) is 12.1 Å². The molecule has 1 unspecified atom stereocenters. The average Bonchev–Trinajstić information content (AvgIpc) is 2.57. The topological polar surface area (TPSA) is 56.7 Å². The molecule has 2 rings (SSSR count). The molecular weight excluding hydrogens is 231 g/mol. The third-order valence-corrected chi connectivity index (χ3v) is 2.70. The van der Waals surface area contributed by atoms with E-state index in [9.17, 15) is 4.39 Å². The molecule has 1 heterocycles. The Bertz CT molecular complexity index is 560. The minimum absolute atomic E-state index is 0.0320. The molecule has 0 radical (unpaired) electrons. The van der Waals surface area contributed by atoms with Gasteiger partial charge in [-0.2, -0.15) is 5.10 Å². The first-order chi connectivity index (χ1) is 8.49. The highest BCUT2D eigenvalue weighted by atomic mass is 19.1. The lowest BCUT2D eigenvalue weighted by Crippen LogP contribution is -2.19. The predicted octanol–water partition coefficient (Wildman–Crippen LogP) is 1.91. The van der Waals surface area contributed by atoms with Gasteiger partial charge in [-0.3, -0.25) is 0 Å². The molecule has 2 aromatic rings. The van der Waals surface area contributed by atoms with Crippen LogP contribution in [0.3, 0.4) is 0 Å². The Morgan fingerprint density at radius 3 is 2.67 bits per heavy atom. The summed E-state index contributed by atoms with van der Waals surface area (Å²) in [4.78, 5) is 4.20. The molecule has 0 aliphatic carbocycles. The lowest BCUT2D eigenvalue weighted by Gasteiger charge is -2.13. The summed E-state index contributed by atoms with van der Waals surface area (Å²) in [7, 11) is 0. The van der Waals surface area contributed by atoms with Gasteiger partial charge in [0.1, 0.15) is 23.2 Å². The van der Waals surface area contributed by atoms with Gasteiger partial charge in [-0.05, 0) is 38.8 Å². The molecule has 0 amide bonds. The van der Waals surface area contributed by atoms with Crippen LogP contribution in [0.25, 0.3) is 5.69 Å². The van der Waals surface area contributed by atoms with E-state index < -0.39 is 0 Å². The lowest BCUT2D eigenvalue weighted by molar-refractivity contribution is 0.600. The first-order valence-corrected chi connectivity index (χ1v) is 5.92. The van der Waals surface area contributed by atoms with E-state index in [0.29, 0.717) is 23.8 Å². The Kier molecular flexibility index (Phi) is 3.43. The number of rotatable bonds is 3. The fraction of sp³-hybridized carbons (Fsp3) is 0.385. The number of para-hydroxylation sites is 1. The molecule has 0 aliphatic rings. The molecule has 4 nitrogen and oxygen atoms in total. The number of hydrogen-bond donors (Lipinski definition) is 1. The molecule has 96 valence electrons. The normalized spacial score (nSPS) is 12.7. The SMILES string of the molecule is Cc1nc(C)n(-c2c(F)cccc2CC(C)N)n1. The van der Waals surface area contributed by atoms with Gasteiger partial charge in [0.15, 0.2) is 0 Å². The number of nitrogens with zero attached hydrogens (tertiary/aromatic N) is 3. The zero-order chi connectivity index (χ0) is 13.3. The molecule has 0 spiro atoms. The van der Waals surface area contributed by atoms with E-state index in [2.05, 4.69) is 10.1 Å². The van der Waals surface area contributed by atoms with Crippen molar-refractivity contribution in [3.8, 4) is 5.69 Å². The van der Waals surface area contributed by atoms with Crippen molar-refractivity contribution in [3.05, 3.63) is 41.2 Å². The highest BCUT2D eigenvalue weighted by Crippen LogP contribution is 2.20. The molecule has 2 N–H and O–H groups in total. The van der Waals surface area contributed by atoms with Crippen LogP contribution in [-0.2, 0) is 6.42 Å². The van der Waals surface area contributed by atoms with Crippen LogP contribution in [0.2, 0.25) is 0 Å². The second kappa shape index (κ2) is 4.86. The molecule has 18 heavy (non-hydrogen) atoms. The minimum atomic E-state index is -0.304. The van der Waals surface area contributed by atoms with Gasteiger partial charge in [0.2, 0.25) is 0 Å². The number of aromatic nitrogens is 3. The Labute approximate surface area is 106 Å². The number of benzene rings is 1. The minimum Gasteiger partial charge on any atom is -0.328 e. The number of halogens is 1. The van der Waals surface area contributed by atoms with Gasteiger partial charge >= 0.3 is 0 Å². The van der Waals surface area contributed by atoms with Gasteiger partial charge in [-0.25, -0.2) is 14.1 Å². The number of aryl methyl sites for hydroxylation is 2. The van der Waals surface area contributed by atoms with Crippen molar-refractivity contribution in [2.75, 3.05) is 0 Å². The van der Waals surface area contributed by atoms with Crippen LogP contribution in [0.15, 0.2) is 18.2 Å². The van der Waals surface area contributed by atoms with E-state index in [1.54, 1.807) is 17.7 Å². The predicted molar refractivity (Wildman–Crippen MR) is 68.1 cm³/mol. The molecule has 0 aliphatic heterocycles. The van der Waals surface area contributed by atoms with Crippen LogP contribution >= 0.6 is 0 Å². The van der Waals surface area contributed by atoms with Crippen LogP contribution in [0.1, 0.15) is 24.1 Å². The van der Waals surface area contributed by atoms with Gasteiger partial charge in [0.25, 0.3) is 0 Å².